The lowest BCUT2D eigenvalue weighted by Gasteiger charge is -2.13. The molecule has 0 radical (unpaired) electrons. The fourth-order valence-electron chi connectivity index (χ4n) is 2.13. The number of aliphatic hydroxyl groups excluding tert-OH is 1. The number of aromatic carboxylic acids is 1. The van der Waals surface area contributed by atoms with Crippen molar-refractivity contribution in [2.45, 2.75) is 19.7 Å². The van der Waals surface area contributed by atoms with E-state index in [1.807, 2.05) is 0 Å². The van der Waals surface area contributed by atoms with E-state index in [0.29, 0.717) is 22.3 Å². The molecule has 0 bridgehead atoms. The van der Waals surface area contributed by atoms with Crippen LogP contribution in [-0.2, 0) is 6.61 Å². The zero-order chi connectivity index (χ0) is 17.9. The van der Waals surface area contributed by atoms with Crippen molar-refractivity contribution in [1.29, 1.82) is 0 Å². The first-order valence-corrected chi connectivity index (χ1v) is 6.85. The molecule has 0 saturated carbocycles. The summed E-state index contributed by atoms with van der Waals surface area (Å²) >= 11 is 0. The van der Waals surface area contributed by atoms with Gasteiger partial charge >= 0.3 is 12.1 Å². The molecule has 8 heteroatoms. The number of nitrogens with zero attached hydrogens (tertiary/aromatic N) is 1. The van der Waals surface area contributed by atoms with Gasteiger partial charge in [0, 0.05) is 17.3 Å². The van der Waals surface area contributed by atoms with Crippen molar-refractivity contribution in [3.8, 4) is 17.0 Å². The molecule has 24 heavy (non-hydrogen) atoms. The molecule has 1 heterocycles. The zero-order valence-corrected chi connectivity index (χ0v) is 12.6. The Balaban J connectivity index is 2.38. The number of alkyl halides is 3. The van der Waals surface area contributed by atoms with Crippen molar-refractivity contribution < 1.29 is 32.9 Å². The summed E-state index contributed by atoms with van der Waals surface area (Å²) in [5.41, 5.74) is 1.78. The summed E-state index contributed by atoms with van der Waals surface area (Å²) in [6.45, 7) is -0.237. The quantitative estimate of drug-likeness (QED) is 0.873. The Bertz CT molecular complexity index is 759. The predicted molar refractivity (Wildman–Crippen MR) is 78.8 cm³/mol. The molecule has 0 atom stereocenters. The highest BCUT2D eigenvalue weighted by atomic mass is 19.4. The molecule has 0 saturated heterocycles. The lowest BCUT2D eigenvalue weighted by Crippen LogP contribution is -2.20. The number of aromatic nitrogens is 1. The summed E-state index contributed by atoms with van der Waals surface area (Å²) in [6, 6.07) is 5.74. The van der Waals surface area contributed by atoms with Crippen LogP contribution in [0.5, 0.6) is 5.88 Å². The molecule has 2 N–H and O–H groups in total. The molecule has 0 unspecified atom stereocenters. The number of hydrogen-bond acceptors (Lipinski definition) is 4. The summed E-state index contributed by atoms with van der Waals surface area (Å²) in [5, 5.41) is 18.4. The van der Waals surface area contributed by atoms with Crippen molar-refractivity contribution in [2.75, 3.05) is 6.61 Å². The summed E-state index contributed by atoms with van der Waals surface area (Å²) in [5.74, 6) is -1.29. The maximum Gasteiger partial charge on any atom is 0.422 e. The van der Waals surface area contributed by atoms with Crippen LogP contribution in [0.1, 0.15) is 21.5 Å². The summed E-state index contributed by atoms with van der Waals surface area (Å²) < 4.78 is 41.2. The largest absolute Gasteiger partial charge is 0.478 e. The number of aryl methyl sites for hydroxylation is 1. The Morgan fingerprint density at radius 2 is 2.00 bits per heavy atom. The maximum atomic E-state index is 12.2. The minimum absolute atomic E-state index is 0.0252. The molecule has 0 aliphatic heterocycles. The third-order valence-corrected chi connectivity index (χ3v) is 3.24. The van der Waals surface area contributed by atoms with Gasteiger partial charge in [-0.2, -0.15) is 13.2 Å². The van der Waals surface area contributed by atoms with E-state index in [1.165, 1.54) is 37.4 Å². The number of hydrogen-bond donors (Lipinski definition) is 2. The van der Waals surface area contributed by atoms with Gasteiger partial charge in [-0.3, -0.25) is 0 Å². The van der Waals surface area contributed by atoms with Crippen LogP contribution >= 0.6 is 0 Å². The van der Waals surface area contributed by atoms with Crippen LogP contribution in [0, 0.1) is 6.92 Å². The van der Waals surface area contributed by atoms with Crippen LogP contribution in [0.3, 0.4) is 0 Å². The van der Waals surface area contributed by atoms with Gasteiger partial charge in [-0.25, -0.2) is 9.78 Å². The Morgan fingerprint density at radius 3 is 2.54 bits per heavy atom. The lowest BCUT2D eigenvalue weighted by atomic mass is 9.98. The molecule has 0 fully saturated rings. The summed E-state index contributed by atoms with van der Waals surface area (Å²) in [4.78, 5) is 14.9. The van der Waals surface area contributed by atoms with Crippen molar-refractivity contribution >= 4 is 5.97 Å². The molecule has 0 aliphatic rings. The van der Waals surface area contributed by atoms with Gasteiger partial charge in [0.15, 0.2) is 6.61 Å². The van der Waals surface area contributed by atoms with Crippen molar-refractivity contribution in [3.63, 3.8) is 0 Å². The van der Waals surface area contributed by atoms with Crippen molar-refractivity contribution in [1.82, 2.24) is 4.98 Å². The summed E-state index contributed by atoms with van der Waals surface area (Å²) in [6.07, 6.45) is -3.19. The standard InChI is InChI=1S/C16H14F3NO4/c1-9-4-12(6-20-14(9)24-8-16(17,18)19)13-5-10(15(22)23)2-3-11(13)7-21/h2-6,21H,7-8H2,1H3,(H,22,23). The van der Waals surface area contributed by atoms with Crippen LogP contribution in [0.2, 0.25) is 0 Å². The molecule has 1 aromatic carbocycles. The predicted octanol–water partition coefficient (Wildman–Crippen LogP) is 3.19. The first-order valence-electron chi connectivity index (χ1n) is 6.85. The van der Waals surface area contributed by atoms with Gasteiger partial charge in [0.1, 0.15) is 0 Å². The third-order valence-electron chi connectivity index (χ3n) is 3.24. The molecular formula is C16H14F3NO4. The fourth-order valence-corrected chi connectivity index (χ4v) is 2.13. The lowest BCUT2D eigenvalue weighted by molar-refractivity contribution is -0.154. The Morgan fingerprint density at radius 1 is 1.29 bits per heavy atom. The van der Waals surface area contributed by atoms with Gasteiger partial charge < -0.3 is 14.9 Å². The minimum Gasteiger partial charge on any atom is -0.478 e. The van der Waals surface area contributed by atoms with Crippen molar-refractivity contribution in [3.05, 3.63) is 47.2 Å². The monoisotopic (exact) mass is 341 g/mol. The van der Waals surface area contributed by atoms with Crippen LogP contribution in [-0.4, -0.2) is 33.9 Å². The van der Waals surface area contributed by atoms with E-state index in [-0.39, 0.29) is 18.1 Å². The number of rotatable bonds is 5. The van der Waals surface area contributed by atoms with E-state index in [2.05, 4.69) is 9.72 Å². The molecular weight excluding hydrogens is 327 g/mol. The minimum atomic E-state index is -4.47. The van der Waals surface area contributed by atoms with Gasteiger partial charge in [0.25, 0.3) is 0 Å². The second kappa shape index (κ2) is 6.88. The van der Waals surface area contributed by atoms with Crippen LogP contribution in [0.25, 0.3) is 11.1 Å². The highest BCUT2D eigenvalue weighted by molar-refractivity contribution is 5.90. The molecule has 0 aliphatic carbocycles. The molecule has 1 aromatic heterocycles. The van der Waals surface area contributed by atoms with E-state index in [1.54, 1.807) is 0 Å². The van der Waals surface area contributed by atoms with E-state index >= 15 is 0 Å². The highest BCUT2D eigenvalue weighted by Gasteiger charge is 2.29. The number of carboxylic acid groups (broad SMARTS) is 1. The van der Waals surface area contributed by atoms with Gasteiger partial charge in [-0.1, -0.05) is 6.07 Å². The first-order chi connectivity index (χ1) is 11.2. The Labute approximate surface area is 135 Å². The van der Waals surface area contributed by atoms with Crippen LogP contribution < -0.4 is 4.74 Å². The third kappa shape index (κ3) is 4.23. The molecule has 5 nitrogen and oxygen atoms in total. The molecule has 2 rings (SSSR count). The van der Waals surface area contributed by atoms with Gasteiger partial charge in [0.2, 0.25) is 5.88 Å². The average molecular weight is 341 g/mol. The maximum absolute atomic E-state index is 12.2. The van der Waals surface area contributed by atoms with Crippen molar-refractivity contribution in [2.24, 2.45) is 0 Å². The van der Waals surface area contributed by atoms with E-state index in [0.717, 1.165) is 0 Å². The Hall–Kier alpha value is -2.61. The van der Waals surface area contributed by atoms with Gasteiger partial charge in [-0.05, 0) is 36.2 Å². The van der Waals surface area contributed by atoms with Crippen LogP contribution in [0.15, 0.2) is 30.5 Å². The second-order valence-electron chi connectivity index (χ2n) is 5.09. The molecule has 0 amide bonds. The number of ether oxygens (including phenoxy) is 1. The average Bonchev–Trinajstić information content (AvgIpc) is 2.52. The number of aliphatic hydroxyl groups is 1. The molecule has 0 spiro atoms. The van der Waals surface area contributed by atoms with E-state index in [4.69, 9.17) is 5.11 Å². The topological polar surface area (TPSA) is 79.7 Å². The molecule has 128 valence electrons. The number of carbonyl (C=O) groups is 1. The van der Waals surface area contributed by atoms with E-state index < -0.39 is 18.8 Å². The normalized spacial score (nSPS) is 11.4. The zero-order valence-electron chi connectivity index (χ0n) is 12.6. The highest BCUT2D eigenvalue weighted by Crippen LogP contribution is 2.29. The number of benzene rings is 1. The first kappa shape index (κ1) is 17.7. The molecule has 2 aromatic rings. The summed E-state index contributed by atoms with van der Waals surface area (Å²) in [7, 11) is 0. The van der Waals surface area contributed by atoms with Gasteiger partial charge in [0.05, 0.1) is 12.2 Å². The number of pyridine rings is 1. The van der Waals surface area contributed by atoms with Crippen LogP contribution in [0.4, 0.5) is 13.2 Å². The number of halogens is 3. The van der Waals surface area contributed by atoms with E-state index in [9.17, 15) is 23.1 Å². The Kier molecular flexibility index (Phi) is 5.08. The fraction of sp³-hybridized carbons (Fsp3) is 0.250. The SMILES string of the molecule is Cc1cc(-c2cc(C(=O)O)ccc2CO)cnc1OCC(F)(F)F. The van der Waals surface area contributed by atoms with Gasteiger partial charge in [-0.15, -0.1) is 0 Å². The smallest absolute Gasteiger partial charge is 0.422 e. The number of carboxylic acids is 1. The second-order valence-corrected chi connectivity index (χ2v) is 5.09.